The van der Waals surface area contributed by atoms with Crippen molar-refractivity contribution in [3.8, 4) is 6.07 Å². The number of esters is 1. The van der Waals surface area contributed by atoms with Crippen LogP contribution >= 0.6 is 0 Å². The normalized spacial score (nSPS) is 15.8. The van der Waals surface area contributed by atoms with Crippen molar-refractivity contribution in [3.05, 3.63) is 0 Å². The van der Waals surface area contributed by atoms with Crippen LogP contribution in [0.4, 0.5) is 0 Å². The minimum Gasteiger partial charge on any atom is -0.459 e. The Balaban J connectivity index is 4.63. The number of hydrogen-bond acceptors (Lipinski definition) is 5. The molecule has 0 rings (SSSR count). The summed E-state index contributed by atoms with van der Waals surface area (Å²) < 4.78 is 30.1. The molecule has 0 aliphatic heterocycles. The molecule has 0 aromatic carbocycles. The first-order chi connectivity index (χ1) is 7.49. The van der Waals surface area contributed by atoms with Crippen molar-refractivity contribution in [3.63, 3.8) is 0 Å². The Labute approximate surface area is 102 Å². The number of nitrogens with one attached hydrogen (secondary N) is 1. The molecular weight excluding hydrogens is 244 g/mol. The van der Waals surface area contributed by atoms with Gasteiger partial charge in [-0.1, -0.05) is 0 Å². The van der Waals surface area contributed by atoms with Crippen LogP contribution in [0.2, 0.25) is 0 Å². The second kappa shape index (κ2) is 5.47. The first-order valence-electron chi connectivity index (χ1n) is 5.13. The van der Waals surface area contributed by atoms with Gasteiger partial charge in [-0.25, -0.2) is 13.1 Å². The van der Waals surface area contributed by atoms with Crippen molar-refractivity contribution in [2.45, 2.75) is 51.5 Å². The fourth-order valence-electron chi connectivity index (χ4n) is 0.856. The highest BCUT2D eigenvalue weighted by Gasteiger charge is 2.28. The minimum atomic E-state index is -3.82. The maximum Gasteiger partial charge on any atom is 0.324 e. The predicted octanol–water partition coefficient (Wildman–Crippen LogP) is 0.548. The van der Waals surface area contributed by atoms with Crippen molar-refractivity contribution in [1.29, 1.82) is 5.26 Å². The molecular formula is C10H18N2O4S. The molecule has 17 heavy (non-hydrogen) atoms. The largest absolute Gasteiger partial charge is 0.459 e. The molecule has 0 radical (unpaired) electrons. The molecule has 2 atom stereocenters. The number of ether oxygens (including phenoxy) is 1. The van der Waals surface area contributed by atoms with Crippen LogP contribution in [0.5, 0.6) is 0 Å². The van der Waals surface area contributed by atoms with E-state index < -0.39 is 32.9 Å². The van der Waals surface area contributed by atoms with E-state index in [1.54, 1.807) is 26.8 Å². The van der Waals surface area contributed by atoms with Crippen LogP contribution in [-0.2, 0) is 19.6 Å². The molecule has 0 amide bonds. The van der Waals surface area contributed by atoms with Gasteiger partial charge in [0.25, 0.3) is 0 Å². The zero-order valence-corrected chi connectivity index (χ0v) is 11.5. The lowest BCUT2D eigenvalue weighted by molar-refractivity contribution is -0.156. The van der Waals surface area contributed by atoms with Gasteiger partial charge in [0.2, 0.25) is 10.0 Å². The summed E-state index contributed by atoms with van der Waals surface area (Å²) in [5.41, 5.74) is -0.683. The highest BCUT2D eigenvalue weighted by atomic mass is 32.2. The molecule has 0 aliphatic carbocycles. The van der Waals surface area contributed by atoms with E-state index in [-0.39, 0.29) is 0 Å². The van der Waals surface area contributed by atoms with Gasteiger partial charge in [-0.05, 0) is 34.6 Å². The van der Waals surface area contributed by atoms with Crippen LogP contribution in [0.3, 0.4) is 0 Å². The molecule has 98 valence electrons. The lowest BCUT2D eigenvalue weighted by Gasteiger charge is -2.22. The zero-order chi connectivity index (χ0) is 13.9. The highest BCUT2D eigenvalue weighted by Crippen LogP contribution is 2.09. The summed E-state index contributed by atoms with van der Waals surface area (Å²) in [6, 6.07) is 0.577. The number of carbonyl (C=O) groups is 1. The van der Waals surface area contributed by atoms with E-state index in [0.29, 0.717) is 0 Å². The zero-order valence-electron chi connectivity index (χ0n) is 10.6. The quantitative estimate of drug-likeness (QED) is 0.746. The molecule has 0 bridgehead atoms. The summed E-state index contributed by atoms with van der Waals surface area (Å²) in [6.45, 7) is 7.66. The molecule has 1 unspecified atom stereocenters. The summed E-state index contributed by atoms with van der Waals surface area (Å²) in [4.78, 5) is 11.5. The highest BCUT2D eigenvalue weighted by molar-refractivity contribution is 7.90. The first-order valence-corrected chi connectivity index (χ1v) is 6.68. The van der Waals surface area contributed by atoms with E-state index in [2.05, 4.69) is 4.72 Å². The fourth-order valence-corrected chi connectivity index (χ4v) is 1.79. The van der Waals surface area contributed by atoms with Gasteiger partial charge in [0.15, 0.2) is 5.25 Å². The number of nitrogens with zero attached hydrogens (tertiary/aromatic N) is 1. The smallest absolute Gasteiger partial charge is 0.324 e. The van der Waals surface area contributed by atoms with E-state index in [0.717, 1.165) is 0 Å². The number of nitriles is 1. The van der Waals surface area contributed by atoms with Gasteiger partial charge in [-0.15, -0.1) is 0 Å². The third kappa shape index (κ3) is 5.65. The summed E-state index contributed by atoms with van der Waals surface area (Å²) in [5, 5.41) is 7.31. The predicted molar refractivity (Wildman–Crippen MR) is 62.4 cm³/mol. The van der Waals surface area contributed by atoms with Crippen LogP contribution in [0, 0.1) is 11.3 Å². The standard InChI is InChI=1S/C10H18N2O4S/c1-7(6-11)17(14,15)12-8(2)9(13)16-10(3,4)5/h7-8,12H,1-5H3/t7?,8-/m1/s1. The Morgan fingerprint density at radius 2 is 1.82 bits per heavy atom. The molecule has 6 nitrogen and oxygen atoms in total. The molecule has 0 saturated heterocycles. The Hall–Kier alpha value is -1.13. The van der Waals surface area contributed by atoms with Crippen molar-refractivity contribution in [1.82, 2.24) is 4.72 Å². The van der Waals surface area contributed by atoms with Gasteiger partial charge in [0.05, 0.1) is 6.07 Å². The van der Waals surface area contributed by atoms with Crippen LogP contribution < -0.4 is 4.72 Å². The van der Waals surface area contributed by atoms with Crippen LogP contribution in [0.15, 0.2) is 0 Å². The van der Waals surface area contributed by atoms with Gasteiger partial charge >= 0.3 is 5.97 Å². The van der Waals surface area contributed by atoms with Crippen molar-refractivity contribution < 1.29 is 17.9 Å². The molecule has 7 heteroatoms. The summed E-state index contributed by atoms with van der Waals surface area (Å²) in [6.07, 6.45) is 0. The molecule has 0 spiro atoms. The molecule has 1 N–H and O–H groups in total. The van der Waals surface area contributed by atoms with E-state index in [1.807, 2.05) is 0 Å². The Morgan fingerprint density at radius 1 is 1.35 bits per heavy atom. The van der Waals surface area contributed by atoms with Crippen molar-refractivity contribution >= 4 is 16.0 Å². The lowest BCUT2D eigenvalue weighted by atomic mass is 10.2. The SMILES string of the molecule is CC(C#N)S(=O)(=O)N[C@H](C)C(=O)OC(C)(C)C. The first kappa shape index (κ1) is 15.9. The summed E-state index contributed by atoms with van der Waals surface area (Å²) in [7, 11) is -3.82. The van der Waals surface area contributed by atoms with Gasteiger partial charge in [0, 0.05) is 0 Å². The molecule has 0 heterocycles. The van der Waals surface area contributed by atoms with E-state index in [1.165, 1.54) is 13.8 Å². The van der Waals surface area contributed by atoms with Gasteiger partial charge in [-0.3, -0.25) is 4.79 Å². The topological polar surface area (TPSA) is 96.3 Å². The van der Waals surface area contributed by atoms with Crippen LogP contribution in [0.1, 0.15) is 34.6 Å². The average Bonchev–Trinajstić information content (AvgIpc) is 2.12. The molecule has 0 saturated carbocycles. The fraction of sp³-hybridized carbons (Fsp3) is 0.800. The Morgan fingerprint density at radius 3 is 2.18 bits per heavy atom. The van der Waals surface area contributed by atoms with Crippen molar-refractivity contribution in [2.75, 3.05) is 0 Å². The van der Waals surface area contributed by atoms with E-state index in [9.17, 15) is 13.2 Å². The van der Waals surface area contributed by atoms with Crippen LogP contribution in [-0.4, -0.2) is 31.3 Å². The minimum absolute atomic E-state index is 0.675. The third-order valence-corrected chi connectivity index (χ3v) is 3.47. The Kier molecular flexibility index (Phi) is 5.11. The molecule has 0 aliphatic rings. The monoisotopic (exact) mass is 262 g/mol. The number of hydrogen-bond donors (Lipinski definition) is 1. The van der Waals surface area contributed by atoms with Gasteiger partial charge in [0.1, 0.15) is 11.6 Å². The average molecular weight is 262 g/mol. The summed E-state index contributed by atoms with van der Waals surface area (Å²) in [5.74, 6) is -0.675. The Bertz CT molecular complexity index is 417. The van der Waals surface area contributed by atoms with Gasteiger partial charge < -0.3 is 4.74 Å². The number of rotatable bonds is 4. The molecule has 0 aromatic heterocycles. The maximum atomic E-state index is 11.5. The van der Waals surface area contributed by atoms with Gasteiger partial charge in [-0.2, -0.15) is 5.26 Å². The molecule has 0 aromatic rings. The van der Waals surface area contributed by atoms with E-state index in [4.69, 9.17) is 10.00 Å². The van der Waals surface area contributed by atoms with Crippen LogP contribution in [0.25, 0.3) is 0 Å². The molecule has 0 fully saturated rings. The number of sulfonamides is 1. The maximum absolute atomic E-state index is 11.5. The second-order valence-corrected chi connectivity index (χ2v) is 6.72. The summed E-state index contributed by atoms with van der Waals surface area (Å²) >= 11 is 0. The second-order valence-electron chi connectivity index (χ2n) is 4.69. The van der Waals surface area contributed by atoms with Crippen molar-refractivity contribution in [2.24, 2.45) is 0 Å². The number of carbonyl (C=O) groups excluding carboxylic acids is 1. The third-order valence-electron chi connectivity index (χ3n) is 1.75. The lowest BCUT2D eigenvalue weighted by Crippen LogP contribution is -2.44. The van der Waals surface area contributed by atoms with E-state index >= 15 is 0 Å².